The van der Waals surface area contributed by atoms with E-state index in [0.29, 0.717) is 6.42 Å². The van der Waals surface area contributed by atoms with E-state index in [2.05, 4.69) is 4.72 Å². The number of rotatable bonds is 7. The van der Waals surface area contributed by atoms with E-state index in [4.69, 9.17) is 4.74 Å². The first-order valence-corrected chi connectivity index (χ1v) is 8.80. The summed E-state index contributed by atoms with van der Waals surface area (Å²) in [6.45, 7) is 1.78. The molecule has 2 rings (SSSR count). The molecule has 0 aliphatic heterocycles. The Hall–Kier alpha value is -1.92. The van der Waals surface area contributed by atoms with Gasteiger partial charge in [-0.15, -0.1) is 0 Å². The predicted octanol–water partition coefficient (Wildman–Crippen LogP) is 3.13. The first-order valence-electron chi connectivity index (χ1n) is 7.32. The molecule has 0 heterocycles. The van der Waals surface area contributed by atoms with Crippen LogP contribution in [0.15, 0.2) is 53.4 Å². The van der Waals surface area contributed by atoms with Gasteiger partial charge in [0.1, 0.15) is 16.5 Å². The number of nitrogens with one attached hydrogen (secondary N) is 1. The lowest BCUT2D eigenvalue weighted by molar-refractivity contribution is 0.400. The first-order chi connectivity index (χ1) is 10.9. The fourth-order valence-corrected chi connectivity index (χ4v) is 3.73. The van der Waals surface area contributed by atoms with Crippen molar-refractivity contribution in [3.05, 3.63) is 59.9 Å². The van der Waals surface area contributed by atoms with Crippen molar-refractivity contribution in [2.75, 3.05) is 7.11 Å². The summed E-state index contributed by atoms with van der Waals surface area (Å²) in [6.07, 6.45) is 1.39. The van der Waals surface area contributed by atoms with Gasteiger partial charge in [-0.25, -0.2) is 17.5 Å². The summed E-state index contributed by atoms with van der Waals surface area (Å²) in [5.74, 6) is -0.503. The molecule has 0 unspecified atom stereocenters. The number of aryl methyl sites for hydroxylation is 1. The Kier molecular flexibility index (Phi) is 5.74. The molecular weight excluding hydrogens is 317 g/mol. The summed E-state index contributed by atoms with van der Waals surface area (Å²) in [5.41, 5.74) is 1.14. The molecule has 2 aromatic rings. The second-order valence-electron chi connectivity index (χ2n) is 5.34. The molecule has 0 spiro atoms. The third kappa shape index (κ3) is 4.77. The minimum absolute atomic E-state index is 0.120. The molecule has 6 heteroatoms. The first kappa shape index (κ1) is 17.4. The number of methoxy groups -OCH3 is 1. The summed E-state index contributed by atoms with van der Waals surface area (Å²) in [6, 6.07) is 13.0. The van der Waals surface area contributed by atoms with Gasteiger partial charge in [-0.2, -0.15) is 0 Å². The van der Waals surface area contributed by atoms with Gasteiger partial charge in [0.2, 0.25) is 10.0 Å². The highest BCUT2D eigenvalue weighted by Gasteiger charge is 2.22. The van der Waals surface area contributed by atoms with Crippen molar-refractivity contribution in [3.63, 3.8) is 0 Å². The zero-order valence-corrected chi connectivity index (χ0v) is 13.9. The molecule has 124 valence electrons. The van der Waals surface area contributed by atoms with Crippen molar-refractivity contribution in [2.45, 2.75) is 30.7 Å². The van der Waals surface area contributed by atoms with Crippen LogP contribution in [0.1, 0.15) is 18.9 Å². The van der Waals surface area contributed by atoms with Crippen LogP contribution in [0.25, 0.3) is 0 Å². The predicted molar refractivity (Wildman–Crippen MR) is 87.5 cm³/mol. The van der Waals surface area contributed by atoms with Crippen LogP contribution in [0, 0.1) is 5.82 Å². The van der Waals surface area contributed by atoms with Crippen LogP contribution >= 0.6 is 0 Å². The number of halogens is 1. The van der Waals surface area contributed by atoms with E-state index in [1.165, 1.54) is 13.2 Å². The average molecular weight is 337 g/mol. The van der Waals surface area contributed by atoms with E-state index < -0.39 is 15.8 Å². The third-order valence-corrected chi connectivity index (χ3v) is 5.09. The van der Waals surface area contributed by atoms with Gasteiger partial charge in [0.05, 0.1) is 7.11 Å². The van der Waals surface area contributed by atoms with Crippen molar-refractivity contribution in [1.82, 2.24) is 4.72 Å². The number of sulfonamides is 1. The van der Waals surface area contributed by atoms with Crippen LogP contribution in [-0.2, 0) is 16.4 Å². The topological polar surface area (TPSA) is 55.4 Å². The van der Waals surface area contributed by atoms with E-state index in [0.717, 1.165) is 24.1 Å². The van der Waals surface area contributed by atoms with E-state index in [-0.39, 0.29) is 16.7 Å². The number of ether oxygens (including phenoxy) is 1. The Morgan fingerprint density at radius 3 is 2.52 bits per heavy atom. The lowest BCUT2D eigenvalue weighted by atomic mass is 10.1. The quantitative estimate of drug-likeness (QED) is 0.844. The van der Waals surface area contributed by atoms with Crippen LogP contribution in [0.3, 0.4) is 0 Å². The molecule has 0 radical (unpaired) electrons. The van der Waals surface area contributed by atoms with Gasteiger partial charge < -0.3 is 4.74 Å². The van der Waals surface area contributed by atoms with Gasteiger partial charge in [-0.05, 0) is 43.5 Å². The van der Waals surface area contributed by atoms with E-state index in [9.17, 15) is 12.8 Å². The van der Waals surface area contributed by atoms with Gasteiger partial charge in [-0.1, -0.05) is 30.3 Å². The molecule has 0 aliphatic carbocycles. The summed E-state index contributed by atoms with van der Waals surface area (Å²) in [7, 11) is -2.49. The smallest absolute Gasteiger partial charge is 0.244 e. The van der Waals surface area contributed by atoms with Crippen LogP contribution in [0.2, 0.25) is 0 Å². The molecule has 0 fully saturated rings. The second kappa shape index (κ2) is 7.57. The summed E-state index contributed by atoms with van der Waals surface area (Å²) in [5, 5.41) is 0. The standard InChI is InChI=1S/C17H20FNO3S/c1-13(8-9-14-6-4-3-5-7-14)19-23(20,21)17-12-15(18)10-11-16(17)22-2/h3-7,10-13,19H,8-9H2,1-2H3/t13-/m1/s1. The minimum atomic E-state index is -3.84. The van der Waals surface area contributed by atoms with Crippen LogP contribution in [-0.4, -0.2) is 21.6 Å². The Labute approximate surface area is 136 Å². The SMILES string of the molecule is COc1ccc(F)cc1S(=O)(=O)N[C@H](C)CCc1ccccc1. The zero-order valence-electron chi connectivity index (χ0n) is 13.1. The molecule has 0 aliphatic rings. The Bertz CT molecular complexity index is 748. The normalized spacial score (nSPS) is 12.8. The highest BCUT2D eigenvalue weighted by molar-refractivity contribution is 7.89. The molecule has 1 N–H and O–H groups in total. The highest BCUT2D eigenvalue weighted by atomic mass is 32.2. The largest absolute Gasteiger partial charge is 0.495 e. The van der Waals surface area contributed by atoms with Crippen molar-refractivity contribution in [1.29, 1.82) is 0 Å². The Morgan fingerprint density at radius 1 is 1.17 bits per heavy atom. The van der Waals surface area contributed by atoms with Gasteiger partial charge in [0.25, 0.3) is 0 Å². The molecule has 0 amide bonds. The zero-order chi connectivity index (χ0) is 16.9. The maximum Gasteiger partial charge on any atom is 0.244 e. The summed E-state index contributed by atoms with van der Waals surface area (Å²) in [4.78, 5) is -0.188. The van der Waals surface area contributed by atoms with E-state index in [1.807, 2.05) is 30.3 Å². The molecule has 23 heavy (non-hydrogen) atoms. The molecular formula is C17H20FNO3S. The van der Waals surface area contributed by atoms with Crippen molar-refractivity contribution >= 4 is 10.0 Å². The van der Waals surface area contributed by atoms with Crippen LogP contribution in [0.4, 0.5) is 4.39 Å². The van der Waals surface area contributed by atoms with Crippen molar-refractivity contribution < 1.29 is 17.5 Å². The molecule has 1 atom stereocenters. The van der Waals surface area contributed by atoms with Crippen LogP contribution in [0.5, 0.6) is 5.75 Å². The molecule has 0 saturated heterocycles. The lowest BCUT2D eigenvalue weighted by Gasteiger charge is -2.16. The molecule has 2 aromatic carbocycles. The summed E-state index contributed by atoms with van der Waals surface area (Å²) >= 11 is 0. The fourth-order valence-electron chi connectivity index (χ4n) is 2.28. The van der Waals surface area contributed by atoms with Gasteiger partial charge >= 0.3 is 0 Å². The van der Waals surface area contributed by atoms with Gasteiger partial charge in [0.15, 0.2) is 0 Å². The third-order valence-electron chi connectivity index (χ3n) is 3.48. The van der Waals surface area contributed by atoms with Crippen molar-refractivity contribution in [2.24, 2.45) is 0 Å². The molecule has 0 aromatic heterocycles. The monoisotopic (exact) mass is 337 g/mol. The highest BCUT2D eigenvalue weighted by Crippen LogP contribution is 2.24. The van der Waals surface area contributed by atoms with Crippen molar-refractivity contribution in [3.8, 4) is 5.75 Å². The lowest BCUT2D eigenvalue weighted by Crippen LogP contribution is -2.33. The minimum Gasteiger partial charge on any atom is -0.495 e. The summed E-state index contributed by atoms with van der Waals surface area (Å²) < 4.78 is 45.8. The molecule has 0 saturated carbocycles. The number of hydrogen-bond donors (Lipinski definition) is 1. The average Bonchev–Trinajstić information content (AvgIpc) is 2.53. The van der Waals surface area contributed by atoms with E-state index in [1.54, 1.807) is 6.92 Å². The maximum atomic E-state index is 13.4. The number of benzene rings is 2. The van der Waals surface area contributed by atoms with Gasteiger partial charge in [-0.3, -0.25) is 0 Å². The Morgan fingerprint density at radius 2 is 1.87 bits per heavy atom. The molecule has 4 nitrogen and oxygen atoms in total. The Balaban J connectivity index is 2.07. The van der Waals surface area contributed by atoms with Gasteiger partial charge in [0, 0.05) is 6.04 Å². The van der Waals surface area contributed by atoms with Crippen LogP contribution < -0.4 is 9.46 Å². The molecule has 0 bridgehead atoms. The maximum absolute atomic E-state index is 13.4. The fraction of sp³-hybridized carbons (Fsp3) is 0.294. The van der Waals surface area contributed by atoms with E-state index >= 15 is 0 Å². The number of hydrogen-bond acceptors (Lipinski definition) is 3. The second-order valence-corrected chi connectivity index (χ2v) is 7.02.